The number of hydrogen-bond donors (Lipinski definition) is 1. The third-order valence-corrected chi connectivity index (χ3v) is 6.00. The van der Waals surface area contributed by atoms with Crippen molar-refractivity contribution in [1.29, 1.82) is 0 Å². The number of carbonyl (C=O) groups excluding carboxylic acids is 1. The first kappa shape index (κ1) is 22.9. The van der Waals surface area contributed by atoms with Crippen LogP contribution < -0.4 is 10.2 Å². The molecular formula is C23H26F2N2O3S. The van der Waals surface area contributed by atoms with E-state index in [1.165, 1.54) is 30.3 Å². The van der Waals surface area contributed by atoms with Gasteiger partial charge in [0.05, 0.1) is 11.6 Å². The molecule has 2 atom stereocenters. The van der Waals surface area contributed by atoms with Gasteiger partial charge in [-0.1, -0.05) is 12.1 Å². The molecular weight excluding hydrogens is 422 g/mol. The number of rotatable bonds is 6. The summed E-state index contributed by atoms with van der Waals surface area (Å²) >= 11 is 0. The van der Waals surface area contributed by atoms with E-state index in [0.717, 1.165) is 42.2 Å². The summed E-state index contributed by atoms with van der Waals surface area (Å²) in [6.07, 6.45) is 4.19. The lowest BCUT2D eigenvalue weighted by Crippen LogP contribution is -2.32. The van der Waals surface area contributed by atoms with Crippen LogP contribution in [0.5, 0.6) is 0 Å². The minimum atomic E-state index is -3.31. The Hall–Kier alpha value is -2.74. The predicted molar refractivity (Wildman–Crippen MR) is 118 cm³/mol. The average molecular weight is 449 g/mol. The first-order valence-electron chi connectivity index (χ1n) is 10.1. The molecule has 8 heteroatoms. The number of anilines is 1. The Balaban J connectivity index is 1.78. The Morgan fingerprint density at radius 2 is 1.97 bits per heavy atom. The fraction of sp³-hybridized carbons (Fsp3) is 0.348. The van der Waals surface area contributed by atoms with Gasteiger partial charge in [-0.2, -0.15) is 0 Å². The van der Waals surface area contributed by atoms with E-state index in [1.54, 1.807) is 19.1 Å². The van der Waals surface area contributed by atoms with Gasteiger partial charge in [0.1, 0.15) is 11.6 Å². The second-order valence-electron chi connectivity index (χ2n) is 7.94. The van der Waals surface area contributed by atoms with Crippen LogP contribution in [0.2, 0.25) is 0 Å². The monoisotopic (exact) mass is 448 g/mol. The van der Waals surface area contributed by atoms with Crippen LogP contribution in [0.15, 0.2) is 47.9 Å². The SMILES string of the molecule is Cc1cc(F)ccc1C1CCCN1c1ccc(C(=O)N[C@H](C)/C=C/S(C)(=O)=O)c(F)c1. The Morgan fingerprint density at radius 3 is 2.61 bits per heavy atom. The van der Waals surface area contributed by atoms with Crippen LogP contribution in [0.25, 0.3) is 0 Å². The molecule has 0 bridgehead atoms. The number of nitrogens with zero attached hydrogens (tertiary/aromatic N) is 1. The summed E-state index contributed by atoms with van der Waals surface area (Å²) in [6, 6.07) is 8.62. The topological polar surface area (TPSA) is 66.5 Å². The summed E-state index contributed by atoms with van der Waals surface area (Å²) in [5, 5.41) is 3.57. The zero-order chi connectivity index (χ0) is 22.8. The number of amides is 1. The molecule has 1 amide bonds. The van der Waals surface area contributed by atoms with E-state index in [4.69, 9.17) is 0 Å². The number of halogens is 2. The third kappa shape index (κ3) is 5.70. The molecule has 0 spiro atoms. The molecule has 31 heavy (non-hydrogen) atoms. The summed E-state index contributed by atoms with van der Waals surface area (Å²) in [7, 11) is -3.31. The van der Waals surface area contributed by atoms with E-state index in [2.05, 4.69) is 10.2 Å². The molecule has 1 aliphatic rings. The highest BCUT2D eigenvalue weighted by Gasteiger charge is 2.28. The number of nitrogens with one attached hydrogen (secondary N) is 1. The first-order valence-corrected chi connectivity index (χ1v) is 12.0. The fourth-order valence-corrected chi connectivity index (χ4v) is 4.39. The largest absolute Gasteiger partial charge is 0.364 e. The summed E-state index contributed by atoms with van der Waals surface area (Å²) in [5.41, 5.74) is 2.40. The average Bonchev–Trinajstić information content (AvgIpc) is 3.15. The Kier molecular flexibility index (Phi) is 6.79. The highest BCUT2D eigenvalue weighted by atomic mass is 32.2. The molecule has 1 saturated heterocycles. The van der Waals surface area contributed by atoms with Crippen molar-refractivity contribution in [2.24, 2.45) is 0 Å². The van der Waals surface area contributed by atoms with Crippen molar-refractivity contribution in [3.63, 3.8) is 0 Å². The summed E-state index contributed by atoms with van der Waals surface area (Å²) in [4.78, 5) is 14.5. The van der Waals surface area contributed by atoms with Crippen molar-refractivity contribution >= 4 is 21.4 Å². The first-order chi connectivity index (χ1) is 14.5. The highest BCUT2D eigenvalue weighted by molar-refractivity contribution is 7.93. The van der Waals surface area contributed by atoms with Crippen molar-refractivity contribution in [3.05, 3.63) is 76.2 Å². The molecule has 0 saturated carbocycles. The van der Waals surface area contributed by atoms with Crippen LogP contribution in [0, 0.1) is 18.6 Å². The molecule has 166 valence electrons. The van der Waals surface area contributed by atoms with Gasteiger partial charge in [-0.25, -0.2) is 17.2 Å². The maximum Gasteiger partial charge on any atom is 0.254 e. The maximum atomic E-state index is 14.8. The molecule has 1 N–H and O–H groups in total. The van der Waals surface area contributed by atoms with E-state index in [-0.39, 0.29) is 17.4 Å². The number of hydrogen-bond acceptors (Lipinski definition) is 4. The van der Waals surface area contributed by atoms with E-state index in [9.17, 15) is 22.0 Å². The Morgan fingerprint density at radius 1 is 1.23 bits per heavy atom. The van der Waals surface area contributed by atoms with Gasteiger partial charge in [-0.05, 0) is 68.1 Å². The lowest BCUT2D eigenvalue weighted by molar-refractivity contribution is 0.0943. The van der Waals surface area contributed by atoms with Crippen LogP contribution >= 0.6 is 0 Å². The van der Waals surface area contributed by atoms with Gasteiger partial charge in [-0.3, -0.25) is 4.79 Å². The summed E-state index contributed by atoms with van der Waals surface area (Å²) < 4.78 is 50.7. The predicted octanol–water partition coefficient (Wildman–Crippen LogP) is 4.29. The molecule has 2 aromatic rings. The van der Waals surface area contributed by atoms with Gasteiger partial charge in [0.15, 0.2) is 9.84 Å². The molecule has 5 nitrogen and oxygen atoms in total. The molecule has 1 unspecified atom stereocenters. The lowest BCUT2D eigenvalue weighted by atomic mass is 9.98. The van der Waals surface area contributed by atoms with Crippen LogP contribution in [0.1, 0.15) is 47.3 Å². The van der Waals surface area contributed by atoms with Crippen LogP contribution in [0.3, 0.4) is 0 Å². The van der Waals surface area contributed by atoms with Gasteiger partial charge >= 0.3 is 0 Å². The molecule has 0 radical (unpaired) electrons. The Bertz CT molecular complexity index is 1120. The Labute approximate surface area is 181 Å². The van der Waals surface area contributed by atoms with Gasteiger partial charge in [-0.15, -0.1) is 0 Å². The standard InChI is InChI=1S/C23H26F2N2O3S/c1-15-13-17(24)6-8-19(15)22-5-4-11-27(22)18-7-9-20(21(25)14-18)23(28)26-16(2)10-12-31(3,29)30/h6-10,12-14,16,22H,4-5,11H2,1-3H3,(H,26,28)/b12-10+/t16-,22?/m1/s1. The second kappa shape index (κ2) is 9.18. The molecule has 1 fully saturated rings. The van der Waals surface area contributed by atoms with Crippen molar-refractivity contribution in [2.75, 3.05) is 17.7 Å². The van der Waals surface area contributed by atoms with Crippen LogP contribution in [-0.2, 0) is 9.84 Å². The zero-order valence-electron chi connectivity index (χ0n) is 17.7. The summed E-state index contributed by atoms with van der Waals surface area (Å²) in [6.45, 7) is 4.20. The minimum absolute atomic E-state index is 0.0147. The molecule has 0 aliphatic carbocycles. The number of carbonyl (C=O) groups is 1. The highest BCUT2D eigenvalue weighted by Crippen LogP contribution is 2.38. The van der Waals surface area contributed by atoms with Crippen molar-refractivity contribution in [3.8, 4) is 0 Å². The molecule has 3 rings (SSSR count). The molecule has 0 aromatic heterocycles. The van der Waals surface area contributed by atoms with E-state index < -0.39 is 27.6 Å². The van der Waals surface area contributed by atoms with Gasteiger partial charge in [0, 0.05) is 29.9 Å². The lowest BCUT2D eigenvalue weighted by Gasteiger charge is -2.28. The minimum Gasteiger partial charge on any atom is -0.364 e. The van der Waals surface area contributed by atoms with E-state index >= 15 is 0 Å². The summed E-state index contributed by atoms with van der Waals surface area (Å²) in [5.74, 6) is -1.56. The fourth-order valence-electron chi connectivity index (χ4n) is 3.87. The van der Waals surface area contributed by atoms with Crippen molar-refractivity contribution in [2.45, 2.75) is 38.8 Å². The zero-order valence-corrected chi connectivity index (χ0v) is 18.5. The van der Waals surface area contributed by atoms with E-state index in [0.29, 0.717) is 5.69 Å². The molecule has 1 heterocycles. The third-order valence-electron chi connectivity index (χ3n) is 5.35. The van der Waals surface area contributed by atoms with Crippen molar-refractivity contribution in [1.82, 2.24) is 5.32 Å². The van der Waals surface area contributed by atoms with Gasteiger partial charge < -0.3 is 10.2 Å². The molecule has 2 aromatic carbocycles. The number of aryl methyl sites for hydroxylation is 1. The second-order valence-corrected chi connectivity index (χ2v) is 9.87. The quantitative estimate of drug-likeness (QED) is 0.716. The van der Waals surface area contributed by atoms with Crippen molar-refractivity contribution < 1.29 is 22.0 Å². The van der Waals surface area contributed by atoms with Crippen LogP contribution in [-0.4, -0.2) is 33.2 Å². The number of benzene rings is 2. The van der Waals surface area contributed by atoms with Crippen LogP contribution in [0.4, 0.5) is 14.5 Å². The van der Waals surface area contributed by atoms with Gasteiger partial charge in [0.25, 0.3) is 5.91 Å². The number of sulfone groups is 1. The maximum absolute atomic E-state index is 14.8. The molecule has 1 aliphatic heterocycles. The van der Waals surface area contributed by atoms with Gasteiger partial charge in [0.2, 0.25) is 0 Å². The normalized spacial score (nSPS) is 17.8. The van der Waals surface area contributed by atoms with E-state index in [1.807, 2.05) is 6.92 Å². The smallest absolute Gasteiger partial charge is 0.254 e.